The molecule has 0 amide bonds. The summed E-state index contributed by atoms with van der Waals surface area (Å²) in [4.78, 5) is 2.34. The van der Waals surface area contributed by atoms with E-state index in [1.54, 1.807) is 0 Å². The summed E-state index contributed by atoms with van der Waals surface area (Å²) in [6.45, 7) is 1.80. The Balaban J connectivity index is 1.91. The minimum absolute atomic E-state index is 0.742. The Morgan fingerprint density at radius 3 is 2.44 bits per heavy atom. The van der Waals surface area contributed by atoms with Gasteiger partial charge in [0.05, 0.1) is 0 Å². The number of fused-ring (bicyclic) bond motifs is 1. The molecule has 0 atom stereocenters. The molecular weight excluding hydrogens is 265 g/mol. The van der Waals surface area contributed by atoms with E-state index in [-0.39, 0.29) is 0 Å². The van der Waals surface area contributed by atoms with Gasteiger partial charge >= 0.3 is 0 Å². The highest BCUT2D eigenvalue weighted by Gasteiger charge is 2.20. The fourth-order valence-electron chi connectivity index (χ4n) is 2.45. The monoisotopic (exact) mass is 277 g/mol. The molecule has 2 aromatic carbocycles. The van der Waals surface area contributed by atoms with Crippen molar-refractivity contribution in [3.63, 3.8) is 0 Å². The molecule has 0 bridgehead atoms. The molecule has 1 nitrogen and oxygen atoms in total. The number of benzene rings is 2. The molecular formula is C15H13Cl2N. The second kappa shape index (κ2) is 4.83. The van der Waals surface area contributed by atoms with E-state index < -0.39 is 0 Å². The average Bonchev–Trinajstić information content (AvgIpc) is 2.77. The quantitative estimate of drug-likeness (QED) is 0.778. The van der Waals surface area contributed by atoms with Crippen LogP contribution in [0.25, 0.3) is 0 Å². The zero-order chi connectivity index (χ0) is 12.5. The lowest BCUT2D eigenvalue weighted by molar-refractivity contribution is 0.836. The smallest absolute Gasteiger partial charge is 0.0470 e. The SMILES string of the molecule is Clc1cccc(Cl)c1CN1CCc2ccccc21. The first-order chi connectivity index (χ1) is 8.75. The second-order valence-corrected chi connectivity index (χ2v) is 5.31. The first kappa shape index (κ1) is 11.9. The van der Waals surface area contributed by atoms with Crippen LogP contribution < -0.4 is 4.90 Å². The summed E-state index contributed by atoms with van der Waals surface area (Å²) in [5.74, 6) is 0. The summed E-state index contributed by atoms with van der Waals surface area (Å²) < 4.78 is 0. The molecule has 18 heavy (non-hydrogen) atoms. The largest absolute Gasteiger partial charge is 0.367 e. The van der Waals surface area contributed by atoms with Gasteiger partial charge in [-0.05, 0) is 30.2 Å². The molecule has 3 heteroatoms. The molecule has 0 saturated heterocycles. The summed E-state index contributed by atoms with van der Waals surface area (Å²) in [5.41, 5.74) is 3.71. The fourth-order valence-corrected chi connectivity index (χ4v) is 2.96. The van der Waals surface area contributed by atoms with Crippen molar-refractivity contribution in [3.8, 4) is 0 Å². The van der Waals surface area contributed by atoms with Gasteiger partial charge in [-0.3, -0.25) is 0 Å². The first-order valence-electron chi connectivity index (χ1n) is 6.01. The Labute approximate surface area is 117 Å². The van der Waals surface area contributed by atoms with Gasteiger partial charge in [-0.1, -0.05) is 47.5 Å². The molecule has 92 valence electrons. The van der Waals surface area contributed by atoms with Crippen molar-refractivity contribution < 1.29 is 0 Å². The number of halogens is 2. The zero-order valence-electron chi connectivity index (χ0n) is 9.87. The van der Waals surface area contributed by atoms with Gasteiger partial charge in [0.15, 0.2) is 0 Å². The molecule has 1 aliphatic heterocycles. The normalized spacial score (nSPS) is 13.8. The predicted octanol–water partition coefficient (Wildman–Crippen LogP) is 4.56. The van der Waals surface area contributed by atoms with Crippen LogP contribution in [-0.4, -0.2) is 6.54 Å². The lowest BCUT2D eigenvalue weighted by Crippen LogP contribution is -2.20. The number of nitrogens with zero attached hydrogens (tertiary/aromatic N) is 1. The van der Waals surface area contributed by atoms with E-state index in [1.807, 2.05) is 18.2 Å². The Kier molecular flexibility index (Phi) is 3.19. The molecule has 0 spiro atoms. The first-order valence-corrected chi connectivity index (χ1v) is 6.77. The average molecular weight is 278 g/mol. The van der Waals surface area contributed by atoms with E-state index in [1.165, 1.54) is 11.3 Å². The molecule has 1 heterocycles. The van der Waals surface area contributed by atoms with E-state index in [9.17, 15) is 0 Å². The van der Waals surface area contributed by atoms with Crippen molar-refractivity contribution in [2.24, 2.45) is 0 Å². The fraction of sp³-hybridized carbons (Fsp3) is 0.200. The van der Waals surface area contributed by atoms with Crippen molar-refractivity contribution in [3.05, 3.63) is 63.6 Å². The van der Waals surface area contributed by atoms with Gasteiger partial charge < -0.3 is 4.90 Å². The summed E-state index contributed by atoms with van der Waals surface area (Å²) in [7, 11) is 0. The molecule has 0 saturated carbocycles. The Bertz CT molecular complexity index is 560. The molecule has 0 aliphatic carbocycles. The van der Waals surface area contributed by atoms with E-state index in [0.29, 0.717) is 0 Å². The maximum atomic E-state index is 6.22. The Morgan fingerprint density at radius 2 is 1.67 bits per heavy atom. The third-order valence-corrected chi connectivity index (χ3v) is 4.10. The van der Waals surface area contributed by atoms with Crippen LogP contribution in [0, 0.1) is 0 Å². The Morgan fingerprint density at radius 1 is 0.944 bits per heavy atom. The van der Waals surface area contributed by atoms with E-state index in [2.05, 4.69) is 29.2 Å². The number of para-hydroxylation sites is 1. The van der Waals surface area contributed by atoms with Crippen LogP contribution in [0.15, 0.2) is 42.5 Å². The molecule has 0 radical (unpaired) electrons. The maximum absolute atomic E-state index is 6.22. The van der Waals surface area contributed by atoms with Crippen molar-refractivity contribution >= 4 is 28.9 Å². The third kappa shape index (κ3) is 2.09. The van der Waals surface area contributed by atoms with Gasteiger partial charge in [-0.25, -0.2) is 0 Å². The van der Waals surface area contributed by atoms with Crippen molar-refractivity contribution in [1.29, 1.82) is 0 Å². The molecule has 0 aromatic heterocycles. The second-order valence-electron chi connectivity index (χ2n) is 4.50. The highest BCUT2D eigenvalue weighted by Crippen LogP contribution is 2.32. The number of rotatable bonds is 2. The summed E-state index contributed by atoms with van der Waals surface area (Å²) in [6.07, 6.45) is 1.10. The molecule has 0 fully saturated rings. The van der Waals surface area contributed by atoms with Crippen LogP contribution in [0.2, 0.25) is 10.0 Å². The van der Waals surface area contributed by atoms with Gasteiger partial charge in [0.25, 0.3) is 0 Å². The lowest BCUT2D eigenvalue weighted by atomic mass is 10.1. The number of anilines is 1. The van der Waals surface area contributed by atoms with Crippen molar-refractivity contribution in [2.75, 3.05) is 11.4 Å². The van der Waals surface area contributed by atoms with Crippen LogP contribution in [0.5, 0.6) is 0 Å². The summed E-state index contributed by atoms with van der Waals surface area (Å²) in [6, 6.07) is 14.2. The lowest BCUT2D eigenvalue weighted by Gasteiger charge is -2.20. The molecule has 0 N–H and O–H groups in total. The van der Waals surface area contributed by atoms with E-state index >= 15 is 0 Å². The minimum Gasteiger partial charge on any atom is -0.367 e. The van der Waals surface area contributed by atoms with E-state index in [4.69, 9.17) is 23.2 Å². The summed E-state index contributed by atoms with van der Waals surface area (Å²) >= 11 is 12.4. The summed E-state index contributed by atoms with van der Waals surface area (Å²) in [5, 5.41) is 1.48. The highest BCUT2D eigenvalue weighted by atomic mass is 35.5. The number of hydrogen-bond donors (Lipinski definition) is 0. The molecule has 1 aliphatic rings. The van der Waals surface area contributed by atoms with Crippen molar-refractivity contribution in [2.45, 2.75) is 13.0 Å². The Hall–Kier alpha value is -1.18. The third-order valence-electron chi connectivity index (χ3n) is 3.39. The van der Waals surface area contributed by atoms with Gasteiger partial charge in [-0.2, -0.15) is 0 Å². The van der Waals surface area contributed by atoms with E-state index in [0.717, 1.165) is 35.1 Å². The van der Waals surface area contributed by atoms with Crippen LogP contribution >= 0.6 is 23.2 Å². The van der Waals surface area contributed by atoms with Gasteiger partial charge in [-0.15, -0.1) is 0 Å². The number of hydrogen-bond acceptors (Lipinski definition) is 1. The van der Waals surface area contributed by atoms with Crippen molar-refractivity contribution in [1.82, 2.24) is 0 Å². The van der Waals surface area contributed by atoms with Crippen LogP contribution in [0.4, 0.5) is 5.69 Å². The topological polar surface area (TPSA) is 3.24 Å². The zero-order valence-corrected chi connectivity index (χ0v) is 11.4. The molecule has 2 aromatic rings. The highest BCUT2D eigenvalue weighted by molar-refractivity contribution is 6.36. The minimum atomic E-state index is 0.742. The molecule has 3 rings (SSSR count). The van der Waals surface area contributed by atoms with Crippen LogP contribution in [-0.2, 0) is 13.0 Å². The maximum Gasteiger partial charge on any atom is 0.0470 e. The molecule has 0 unspecified atom stereocenters. The van der Waals surface area contributed by atoms with Gasteiger partial charge in [0.1, 0.15) is 0 Å². The standard InChI is InChI=1S/C15H13Cl2N/c16-13-5-3-6-14(17)12(13)10-18-9-8-11-4-1-2-7-15(11)18/h1-7H,8-10H2. The van der Waals surface area contributed by atoms with Gasteiger partial charge in [0, 0.05) is 34.4 Å². The predicted molar refractivity (Wildman–Crippen MR) is 77.7 cm³/mol. The van der Waals surface area contributed by atoms with Crippen LogP contribution in [0.1, 0.15) is 11.1 Å². The van der Waals surface area contributed by atoms with Gasteiger partial charge in [0.2, 0.25) is 0 Å². The van der Waals surface area contributed by atoms with Crippen LogP contribution in [0.3, 0.4) is 0 Å².